The molecule has 0 aliphatic rings. The molecule has 1 aromatic rings. The number of aryl methyl sites for hydroxylation is 1. The van der Waals surface area contributed by atoms with Crippen molar-refractivity contribution in [2.45, 2.75) is 39.5 Å². The van der Waals surface area contributed by atoms with E-state index < -0.39 is 0 Å². The standard InChI is InChI=1S/C11H19N3O/c1-3-5-7-15-11-8-9(12)13-10(14-11)6-4-2/h8H,3-7H2,1-2H3,(H2,12,13,14). The van der Waals surface area contributed by atoms with E-state index in [0.29, 0.717) is 18.3 Å². The van der Waals surface area contributed by atoms with Gasteiger partial charge < -0.3 is 10.5 Å². The first kappa shape index (κ1) is 11.8. The van der Waals surface area contributed by atoms with Crippen LogP contribution in [0.5, 0.6) is 5.88 Å². The van der Waals surface area contributed by atoms with Crippen LogP contribution in [0, 0.1) is 0 Å². The minimum atomic E-state index is 0.486. The number of nitrogens with zero attached hydrogens (tertiary/aromatic N) is 2. The molecule has 0 atom stereocenters. The monoisotopic (exact) mass is 209 g/mol. The highest BCUT2D eigenvalue weighted by molar-refractivity contribution is 5.32. The number of ether oxygens (including phenoxy) is 1. The summed E-state index contributed by atoms with van der Waals surface area (Å²) in [7, 11) is 0. The summed E-state index contributed by atoms with van der Waals surface area (Å²) in [6.45, 7) is 4.91. The lowest BCUT2D eigenvalue weighted by Gasteiger charge is -2.06. The van der Waals surface area contributed by atoms with Gasteiger partial charge in [-0.05, 0) is 12.8 Å². The van der Waals surface area contributed by atoms with Gasteiger partial charge in [0.2, 0.25) is 5.88 Å². The van der Waals surface area contributed by atoms with Crippen molar-refractivity contribution < 1.29 is 4.74 Å². The molecule has 0 aliphatic heterocycles. The summed E-state index contributed by atoms with van der Waals surface area (Å²) in [6, 6.07) is 1.68. The zero-order valence-corrected chi connectivity index (χ0v) is 9.49. The summed E-state index contributed by atoms with van der Waals surface area (Å²) in [5, 5.41) is 0. The number of hydrogen-bond donors (Lipinski definition) is 1. The summed E-state index contributed by atoms with van der Waals surface area (Å²) >= 11 is 0. The predicted octanol–water partition coefficient (Wildman–Crippen LogP) is 2.19. The molecule has 4 nitrogen and oxygen atoms in total. The number of unbranched alkanes of at least 4 members (excludes halogenated alkanes) is 1. The SMILES string of the molecule is CCCCOc1cc(N)nc(CCC)n1. The molecule has 0 radical (unpaired) electrons. The zero-order valence-electron chi connectivity index (χ0n) is 9.49. The molecule has 0 saturated carbocycles. The molecule has 0 spiro atoms. The molecule has 0 aromatic carbocycles. The van der Waals surface area contributed by atoms with Gasteiger partial charge in [0.05, 0.1) is 6.61 Å². The third-order valence-electron chi connectivity index (χ3n) is 1.99. The second-order valence-electron chi connectivity index (χ2n) is 3.50. The van der Waals surface area contributed by atoms with Crippen LogP contribution >= 0.6 is 0 Å². The van der Waals surface area contributed by atoms with Gasteiger partial charge in [-0.2, -0.15) is 4.98 Å². The molecule has 0 fully saturated rings. The summed E-state index contributed by atoms with van der Waals surface area (Å²) in [6.07, 6.45) is 4.00. The average molecular weight is 209 g/mol. The van der Waals surface area contributed by atoms with Crippen LogP contribution in [-0.2, 0) is 6.42 Å². The quantitative estimate of drug-likeness (QED) is 0.729. The van der Waals surface area contributed by atoms with E-state index in [1.165, 1.54) is 0 Å². The minimum Gasteiger partial charge on any atom is -0.478 e. The molecular weight excluding hydrogens is 190 g/mol. The van der Waals surface area contributed by atoms with Gasteiger partial charge in [0, 0.05) is 12.5 Å². The summed E-state index contributed by atoms with van der Waals surface area (Å²) in [4.78, 5) is 8.42. The molecule has 0 saturated heterocycles. The molecule has 1 rings (SSSR count). The summed E-state index contributed by atoms with van der Waals surface area (Å²) in [5.74, 6) is 1.85. The van der Waals surface area contributed by atoms with Crippen molar-refractivity contribution in [3.63, 3.8) is 0 Å². The Morgan fingerprint density at radius 1 is 1.27 bits per heavy atom. The number of aromatic nitrogens is 2. The van der Waals surface area contributed by atoms with Crippen LogP contribution in [0.1, 0.15) is 38.9 Å². The highest BCUT2D eigenvalue weighted by Crippen LogP contribution is 2.12. The van der Waals surface area contributed by atoms with E-state index in [9.17, 15) is 0 Å². The Morgan fingerprint density at radius 3 is 2.73 bits per heavy atom. The molecule has 1 aromatic heterocycles. The number of rotatable bonds is 6. The van der Waals surface area contributed by atoms with Crippen LogP contribution in [0.25, 0.3) is 0 Å². The van der Waals surface area contributed by atoms with Crippen LogP contribution in [0.15, 0.2) is 6.07 Å². The Bertz CT molecular complexity index is 302. The zero-order chi connectivity index (χ0) is 11.1. The Labute approximate surface area is 90.9 Å². The van der Waals surface area contributed by atoms with E-state index >= 15 is 0 Å². The largest absolute Gasteiger partial charge is 0.478 e. The lowest BCUT2D eigenvalue weighted by atomic mass is 10.3. The summed E-state index contributed by atoms with van der Waals surface area (Å²) in [5.41, 5.74) is 5.66. The molecule has 0 aliphatic carbocycles. The number of hydrogen-bond acceptors (Lipinski definition) is 4. The fourth-order valence-electron chi connectivity index (χ4n) is 1.22. The third-order valence-corrected chi connectivity index (χ3v) is 1.99. The van der Waals surface area contributed by atoms with Crippen LogP contribution in [-0.4, -0.2) is 16.6 Å². The van der Waals surface area contributed by atoms with Crippen molar-refractivity contribution in [2.24, 2.45) is 0 Å². The topological polar surface area (TPSA) is 61.0 Å². The maximum absolute atomic E-state index is 5.66. The molecule has 15 heavy (non-hydrogen) atoms. The highest BCUT2D eigenvalue weighted by Gasteiger charge is 2.02. The molecule has 2 N–H and O–H groups in total. The number of nitrogen functional groups attached to an aromatic ring is 1. The van der Waals surface area contributed by atoms with Crippen LogP contribution < -0.4 is 10.5 Å². The minimum absolute atomic E-state index is 0.486. The van der Waals surface area contributed by atoms with Gasteiger partial charge in [0.1, 0.15) is 11.6 Å². The van der Waals surface area contributed by atoms with Gasteiger partial charge in [0.25, 0.3) is 0 Å². The number of nitrogens with two attached hydrogens (primary N) is 1. The van der Waals surface area contributed by atoms with E-state index in [-0.39, 0.29) is 0 Å². The van der Waals surface area contributed by atoms with E-state index in [0.717, 1.165) is 31.5 Å². The van der Waals surface area contributed by atoms with Gasteiger partial charge >= 0.3 is 0 Å². The van der Waals surface area contributed by atoms with Crippen molar-refractivity contribution in [3.05, 3.63) is 11.9 Å². The first-order valence-corrected chi connectivity index (χ1v) is 5.52. The molecular formula is C11H19N3O. The molecule has 1 heterocycles. The van der Waals surface area contributed by atoms with Gasteiger partial charge in [0.15, 0.2) is 0 Å². The Morgan fingerprint density at radius 2 is 2.07 bits per heavy atom. The van der Waals surface area contributed by atoms with Crippen molar-refractivity contribution in [1.82, 2.24) is 9.97 Å². The lowest BCUT2D eigenvalue weighted by Crippen LogP contribution is -2.04. The van der Waals surface area contributed by atoms with Gasteiger partial charge in [-0.3, -0.25) is 0 Å². The molecule has 0 unspecified atom stereocenters. The highest BCUT2D eigenvalue weighted by atomic mass is 16.5. The van der Waals surface area contributed by atoms with E-state index in [1.54, 1.807) is 6.07 Å². The van der Waals surface area contributed by atoms with Crippen molar-refractivity contribution in [3.8, 4) is 5.88 Å². The van der Waals surface area contributed by atoms with Crippen LogP contribution in [0.2, 0.25) is 0 Å². The smallest absolute Gasteiger partial charge is 0.218 e. The fraction of sp³-hybridized carbons (Fsp3) is 0.636. The predicted molar refractivity (Wildman–Crippen MR) is 60.8 cm³/mol. The van der Waals surface area contributed by atoms with E-state index in [2.05, 4.69) is 23.8 Å². The lowest BCUT2D eigenvalue weighted by molar-refractivity contribution is 0.296. The van der Waals surface area contributed by atoms with E-state index in [1.807, 2.05) is 0 Å². The molecule has 4 heteroatoms. The van der Waals surface area contributed by atoms with Gasteiger partial charge in [-0.25, -0.2) is 4.98 Å². The van der Waals surface area contributed by atoms with Gasteiger partial charge in [-0.1, -0.05) is 20.3 Å². The maximum atomic E-state index is 5.66. The maximum Gasteiger partial charge on any atom is 0.218 e. The Kier molecular flexibility index (Phi) is 4.87. The normalized spacial score (nSPS) is 10.3. The van der Waals surface area contributed by atoms with Crippen LogP contribution in [0.4, 0.5) is 5.82 Å². The fourth-order valence-corrected chi connectivity index (χ4v) is 1.22. The molecule has 0 amide bonds. The number of anilines is 1. The molecule has 84 valence electrons. The Balaban J connectivity index is 2.62. The first-order chi connectivity index (χ1) is 7.26. The average Bonchev–Trinajstić information content (AvgIpc) is 2.18. The van der Waals surface area contributed by atoms with E-state index in [4.69, 9.17) is 10.5 Å². The second-order valence-corrected chi connectivity index (χ2v) is 3.50. The third kappa shape index (κ3) is 4.14. The van der Waals surface area contributed by atoms with Crippen LogP contribution in [0.3, 0.4) is 0 Å². The summed E-state index contributed by atoms with van der Waals surface area (Å²) < 4.78 is 5.48. The van der Waals surface area contributed by atoms with Crippen molar-refractivity contribution in [1.29, 1.82) is 0 Å². The van der Waals surface area contributed by atoms with Gasteiger partial charge in [-0.15, -0.1) is 0 Å². The van der Waals surface area contributed by atoms with Crippen molar-refractivity contribution in [2.75, 3.05) is 12.3 Å². The second kappa shape index (κ2) is 6.22. The molecule has 0 bridgehead atoms. The van der Waals surface area contributed by atoms with Crippen molar-refractivity contribution >= 4 is 5.82 Å². The first-order valence-electron chi connectivity index (χ1n) is 5.52. The Hall–Kier alpha value is -1.32.